The first-order valence-corrected chi connectivity index (χ1v) is 16.5. The van der Waals surface area contributed by atoms with Crippen molar-refractivity contribution in [2.45, 2.75) is 69.4 Å². The summed E-state index contributed by atoms with van der Waals surface area (Å²) in [6, 6.07) is 9.14. The summed E-state index contributed by atoms with van der Waals surface area (Å²) < 4.78 is 29.0. The van der Waals surface area contributed by atoms with Crippen LogP contribution < -0.4 is 15.0 Å². The minimum absolute atomic E-state index is 0.0174. The van der Waals surface area contributed by atoms with Crippen LogP contribution >= 0.6 is 0 Å². The number of hydrogen-bond acceptors (Lipinski definition) is 9. The molecule has 10 nitrogen and oxygen atoms in total. The smallest absolute Gasteiger partial charge is 0.407 e. The number of hydrogen-bond donors (Lipinski definition) is 2. The zero-order valence-electron chi connectivity index (χ0n) is 26.1. The fourth-order valence-electron chi connectivity index (χ4n) is 8.29. The van der Waals surface area contributed by atoms with E-state index in [9.17, 15) is 9.90 Å². The quantitative estimate of drug-likeness (QED) is 0.295. The van der Waals surface area contributed by atoms with Crippen molar-refractivity contribution < 1.29 is 23.8 Å². The zero-order valence-corrected chi connectivity index (χ0v) is 26.1. The molecule has 2 aromatic heterocycles. The van der Waals surface area contributed by atoms with Crippen molar-refractivity contribution in [2.24, 2.45) is 0 Å². The summed E-state index contributed by atoms with van der Waals surface area (Å²) in [5.74, 6) is -0.0456. The van der Waals surface area contributed by atoms with Gasteiger partial charge in [0.25, 0.3) is 0 Å². The van der Waals surface area contributed by atoms with Gasteiger partial charge in [-0.2, -0.15) is 9.97 Å². The average molecular weight is 627 g/mol. The topological polar surface area (TPSA) is 113 Å². The van der Waals surface area contributed by atoms with Crippen LogP contribution in [0.5, 0.6) is 11.8 Å². The lowest BCUT2D eigenvalue weighted by atomic mass is 9.91. The third-order valence-electron chi connectivity index (χ3n) is 10.5. The second kappa shape index (κ2) is 11.2. The first-order valence-electron chi connectivity index (χ1n) is 16.5. The first-order chi connectivity index (χ1) is 22.3. The summed E-state index contributed by atoms with van der Waals surface area (Å²) in [4.78, 5) is 31.8. The Labute approximate surface area is 266 Å². The number of benzene rings is 2. The fourth-order valence-corrected chi connectivity index (χ4v) is 8.29. The molecule has 0 spiro atoms. The molecule has 3 saturated heterocycles. The summed E-state index contributed by atoms with van der Waals surface area (Å²) in [6.45, 7) is 5.94. The van der Waals surface area contributed by atoms with Crippen molar-refractivity contribution in [2.75, 3.05) is 44.3 Å². The van der Waals surface area contributed by atoms with Crippen molar-refractivity contribution >= 4 is 33.6 Å². The molecular weight excluding hydrogens is 587 g/mol. The number of amides is 1. The van der Waals surface area contributed by atoms with Gasteiger partial charge in [-0.1, -0.05) is 18.2 Å². The number of carbonyl (C=O) groups is 1. The number of ether oxygens (including phenoxy) is 2. The minimum atomic E-state index is -0.588. The highest BCUT2D eigenvalue weighted by molar-refractivity contribution is 6.01. The Bertz CT molecular complexity index is 1840. The van der Waals surface area contributed by atoms with Gasteiger partial charge in [-0.05, 0) is 99.8 Å². The number of fused-ring (bicyclic) bond motifs is 7. The van der Waals surface area contributed by atoms with Gasteiger partial charge < -0.3 is 24.8 Å². The van der Waals surface area contributed by atoms with Crippen LogP contribution in [0.3, 0.4) is 0 Å². The molecular formula is C35H39FN6O4. The standard InChI is InChI=1S/C35H39FN6O4/c1-34-10-4-13-41(20-34)31-26-19-37-29(28(36)30(26)38-32(39-31)46-21-35-11-5-14-42(35)15-6-12-35)25-18-24(43)17-23-8-2-7-22(27(23)25)9-3-16-45-33(44)40-34/h2,7-8,17-19,43H,3-6,9-16,20-21H2,1H3,(H,40,44)/t34-/m1/s1. The Morgan fingerprint density at radius 2 is 1.91 bits per heavy atom. The number of phenolic OH excluding ortho intramolecular Hbond substituents is 1. The van der Waals surface area contributed by atoms with Gasteiger partial charge in [0.2, 0.25) is 0 Å². The second-order valence-electron chi connectivity index (χ2n) is 13.7. The maximum Gasteiger partial charge on any atom is 0.407 e. The van der Waals surface area contributed by atoms with E-state index in [0.717, 1.165) is 68.0 Å². The lowest BCUT2D eigenvalue weighted by molar-refractivity contribution is 0.107. The van der Waals surface area contributed by atoms with Gasteiger partial charge in [-0.3, -0.25) is 9.88 Å². The molecule has 5 aliphatic heterocycles. The summed E-state index contributed by atoms with van der Waals surface area (Å²) in [5.41, 5.74) is 1.04. The van der Waals surface area contributed by atoms with Crippen molar-refractivity contribution in [3.05, 3.63) is 47.9 Å². The van der Waals surface area contributed by atoms with Crippen LogP contribution in [0.4, 0.5) is 15.0 Å². The van der Waals surface area contributed by atoms with Crippen molar-refractivity contribution in [3.8, 4) is 23.0 Å². The molecule has 6 bridgehead atoms. The number of piperidine rings is 1. The predicted molar refractivity (Wildman–Crippen MR) is 173 cm³/mol. The van der Waals surface area contributed by atoms with Crippen molar-refractivity contribution in [1.29, 1.82) is 0 Å². The maximum atomic E-state index is 17.0. The summed E-state index contributed by atoms with van der Waals surface area (Å²) >= 11 is 0. The van der Waals surface area contributed by atoms with Crippen LogP contribution in [0.15, 0.2) is 36.5 Å². The fraction of sp³-hybridized carbons (Fsp3) is 0.486. The molecule has 2 N–H and O–H groups in total. The van der Waals surface area contributed by atoms with E-state index >= 15 is 4.39 Å². The second-order valence-corrected chi connectivity index (χ2v) is 13.7. The summed E-state index contributed by atoms with van der Waals surface area (Å²) in [7, 11) is 0. The van der Waals surface area contributed by atoms with Crippen LogP contribution in [0.2, 0.25) is 0 Å². The van der Waals surface area contributed by atoms with Gasteiger partial charge in [-0.15, -0.1) is 0 Å². The number of aromatic nitrogens is 3. The van der Waals surface area contributed by atoms with E-state index in [1.807, 2.05) is 25.1 Å². The van der Waals surface area contributed by atoms with Gasteiger partial charge in [0.05, 0.1) is 23.1 Å². The molecule has 2 aromatic carbocycles. The number of phenols is 1. The van der Waals surface area contributed by atoms with Crippen LogP contribution in [0.1, 0.15) is 57.4 Å². The van der Waals surface area contributed by atoms with Crippen LogP contribution in [0.25, 0.3) is 32.9 Å². The first kappa shape index (κ1) is 29.2. The lowest BCUT2D eigenvalue weighted by Gasteiger charge is -2.41. The van der Waals surface area contributed by atoms with E-state index in [2.05, 4.69) is 20.1 Å². The molecule has 0 radical (unpaired) electrons. The number of anilines is 1. The number of alkyl carbamates (subject to hydrolysis) is 1. The Hall–Kier alpha value is -4.25. The van der Waals surface area contributed by atoms with Gasteiger partial charge >= 0.3 is 12.1 Å². The molecule has 1 atom stereocenters. The lowest BCUT2D eigenvalue weighted by Crippen LogP contribution is -2.57. The third-order valence-corrected chi connectivity index (χ3v) is 10.5. The highest BCUT2D eigenvalue weighted by Gasteiger charge is 2.45. The molecule has 240 valence electrons. The summed E-state index contributed by atoms with van der Waals surface area (Å²) in [6.07, 6.45) is 8.30. The molecule has 46 heavy (non-hydrogen) atoms. The van der Waals surface area contributed by atoms with Gasteiger partial charge in [0.15, 0.2) is 5.82 Å². The number of pyridine rings is 1. The van der Waals surface area contributed by atoms with Crippen LogP contribution in [-0.2, 0) is 11.2 Å². The number of halogens is 1. The molecule has 4 aromatic rings. The molecule has 0 aliphatic carbocycles. The highest BCUT2D eigenvalue weighted by atomic mass is 19.1. The minimum Gasteiger partial charge on any atom is -0.508 e. The molecule has 9 rings (SSSR count). The predicted octanol–water partition coefficient (Wildman–Crippen LogP) is 5.73. The normalized spacial score (nSPS) is 23.0. The maximum absolute atomic E-state index is 17.0. The Morgan fingerprint density at radius 3 is 2.76 bits per heavy atom. The van der Waals surface area contributed by atoms with Crippen LogP contribution in [-0.4, -0.2) is 81.5 Å². The Morgan fingerprint density at radius 1 is 1.09 bits per heavy atom. The molecule has 3 fully saturated rings. The van der Waals surface area contributed by atoms with Gasteiger partial charge in [-0.25, -0.2) is 9.18 Å². The third kappa shape index (κ3) is 5.05. The summed E-state index contributed by atoms with van der Waals surface area (Å²) in [5, 5.41) is 15.8. The number of nitrogens with zero attached hydrogens (tertiary/aromatic N) is 5. The van der Waals surface area contributed by atoms with E-state index in [4.69, 9.17) is 19.4 Å². The van der Waals surface area contributed by atoms with E-state index < -0.39 is 17.4 Å². The van der Waals surface area contributed by atoms with Crippen LogP contribution in [0, 0.1) is 5.82 Å². The monoisotopic (exact) mass is 626 g/mol. The highest BCUT2D eigenvalue weighted by Crippen LogP contribution is 2.41. The van der Waals surface area contributed by atoms with E-state index in [1.165, 1.54) is 0 Å². The largest absolute Gasteiger partial charge is 0.508 e. The number of nitrogens with one attached hydrogen (secondary N) is 1. The van der Waals surface area contributed by atoms with Gasteiger partial charge in [0.1, 0.15) is 29.4 Å². The zero-order chi connectivity index (χ0) is 31.5. The molecule has 1 amide bonds. The molecule has 5 aliphatic rings. The molecule has 11 heteroatoms. The van der Waals surface area contributed by atoms with E-state index in [1.54, 1.807) is 18.3 Å². The number of aryl methyl sites for hydroxylation is 1. The van der Waals surface area contributed by atoms with Crippen molar-refractivity contribution in [1.82, 2.24) is 25.2 Å². The molecule has 0 unspecified atom stereocenters. The number of rotatable bonds is 3. The molecule has 7 heterocycles. The average Bonchev–Trinajstić information content (AvgIpc) is 3.62. The van der Waals surface area contributed by atoms with E-state index in [-0.39, 0.29) is 35.1 Å². The number of aromatic hydroxyl groups is 1. The Balaban J connectivity index is 1.31. The Kier molecular flexibility index (Phi) is 7.12. The molecule has 0 saturated carbocycles. The number of carbonyl (C=O) groups excluding carboxylic acids is 1. The van der Waals surface area contributed by atoms with Gasteiger partial charge in [0, 0.05) is 24.8 Å². The van der Waals surface area contributed by atoms with E-state index in [0.29, 0.717) is 49.3 Å². The SMILES string of the molecule is C[C@@]12CCCN(C1)c1nc(OCC34CCCN3CCC4)nc3c(F)c(ncc13)-c1cc(O)cc3cccc(c13)CCCOC(=O)N2. The van der Waals surface area contributed by atoms with Crippen molar-refractivity contribution in [3.63, 3.8) is 0 Å².